The van der Waals surface area contributed by atoms with E-state index in [0.717, 1.165) is 24.8 Å². The van der Waals surface area contributed by atoms with Gasteiger partial charge in [-0.15, -0.1) is 0 Å². The second-order valence-electron chi connectivity index (χ2n) is 6.38. The highest BCUT2D eigenvalue weighted by Gasteiger charge is 2.36. The molecule has 3 atom stereocenters. The molecule has 4 nitrogen and oxygen atoms in total. The SMILES string of the molecule is CSC1CCC(NC(=O)NCC2(O)CCc3ccccc32)C1. The third kappa shape index (κ3) is 3.25. The number of aliphatic hydroxyl groups is 1. The molecule has 1 aromatic rings. The van der Waals surface area contributed by atoms with Crippen molar-refractivity contribution < 1.29 is 9.90 Å². The lowest BCUT2D eigenvalue weighted by Crippen LogP contribution is -2.46. The Morgan fingerprint density at radius 2 is 2.23 bits per heavy atom. The molecular weight excluding hydrogens is 296 g/mol. The van der Waals surface area contributed by atoms with Gasteiger partial charge in [0.2, 0.25) is 0 Å². The van der Waals surface area contributed by atoms with Gasteiger partial charge in [-0.05, 0) is 49.5 Å². The summed E-state index contributed by atoms with van der Waals surface area (Å²) in [6, 6.07) is 8.05. The minimum atomic E-state index is -0.925. The zero-order valence-corrected chi connectivity index (χ0v) is 13.8. The molecule has 0 aliphatic heterocycles. The van der Waals surface area contributed by atoms with Gasteiger partial charge in [0.25, 0.3) is 0 Å². The van der Waals surface area contributed by atoms with Crippen LogP contribution in [-0.2, 0) is 12.0 Å². The molecule has 3 unspecified atom stereocenters. The van der Waals surface area contributed by atoms with Gasteiger partial charge in [0, 0.05) is 11.3 Å². The third-order valence-electron chi connectivity index (χ3n) is 4.92. The molecule has 120 valence electrons. The number of nitrogens with one attached hydrogen (secondary N) is 2. The Morgan fingerprint density at radius 3 is 3.00 bits per heavy atom. The number of urea groups is 1. The number of rotatable bonds is 4. The van der Waals surface area contributed by atoms with Crippen LogP contribution in [0.5, 0.6) is 0 Å². The summed E-state index contributed by atoms with van der Waals surface area (Å²) in [5.41, 5.74) is 1.22. The summed E-state index contributed by atoms with van der Waals surface area (Å²) >= 11 is 1.88. The van der Waals surface area contributed by atoms with Crippen LogP contribution in [-0.4, -0.2) is 35.2 Å². The number of fused-ring (bicyclic) bond motifs is 1. The van der Waals surface area contributed by atoms with E-state index in [4.69, 9.17) is 0 Å². The number of aryl methyl sites for hydroxylation is 1. The molecule has 0 heterocycles. The van der Waals surface area contributed by atoms with Crippen molar-refractivity contribution in [1.29, 1.82) is 0 Å². The second kappa shape index (κ2) is 6.50. The van der Waals surface area contributed by atoms with Gasteiger partial charge >= 0.3 is 6.03 Å². The molecule has 5 heteroatoms. The summed E-state index contributed by atoms with van der Waals surface area (Å²) in [7, 11) is 0. The first-order chi connectivity index (χ1) is 10.6. The molecule has 1 aromatic carbocycles. The highest BCUT2D eigenvalue weighted by molar-refractivity contribution is 7.99. The van der Waals surface area contributed by atoms with Crippen molar-refractivity contribution in [1.82, 2.24) is 10.6 Å². The van der Waals surface area contributed by atoms with Crippen molar-refractivity contribution >= 4 is 17.8 Å². The largest absolute Gasteiger partial charge is 0.383 e. The van der Waals surface area contributed by atoms with Crippen LogP contribution in [0.25, 0.3) is 0 Å². The van der Waals surface area contributed by atoms with Crippen LogP contribution in [0, 0.1) is 0 Å². The van der Waals surface area contributed by atoms with Gasteiger partial charge in [-0.2, -0.15) is 11.8 Å². The van der Waals surface area contributed by atoms with E-state index in [2.05, 4.69) is 23.0 Å². The van der Waals surface area contributed by atoms with Gasteiger partial charge in [-0.25, -0.2) is 4.79 Å². The Labute approximate surface area is 136 Å². The smallest absolute Gasteiger partial charge is 0.315 e. The Hall–Kier alpha value is -1.20. The van der Waals surface area contributed by atoms with Crippen molar-refractivity contribution in [3.05, 3.63) is 35.4 Å². The van der Waals surface area contributed by atoms with E-state index in [1.54, 1.807) is 0 Å². The highest BCUT2D eigenvalue weighted by atomic mass is 32.2. The van der Waals surface area contributed by atoms with E-state index in [-0.39, 0.29) is 18.6 Å². The first-order valence-electron chi connectivity index (χ1n) is 7.98. The molecule has 0 aromatic heterocycles. The van der Waals surface area contributed by atoms with E-state index in [1.165, 1.54) is 12.0 Å². The van der Waals surface area contributed by atoms with Crippen LogP contribution in [0.15, 0.2) is 24.3 Å². The summed E-state index contributed by atoms with van der Waals surface area (Å²) in [5.74, 6) is 0. The summed E-state index contributed by atoms with van der Waals surface area (Å²) in [6.45, 7) is 0.272. The van der Waals surface area contributed by atoms with Gasteiger partial charge < -0.3 is 15.7 Å². The fourth-order valence-electron chi connectivity index (χ4n) is 3.60. The third-order valence-corrected chi connectivity index (χ3v) is 6.02. The molecule has 3 N–H and O–H groups in total. The quantitative estimate of drug-likeness (QED) is 0.798. The van der Waals surface area contributed by atoms with Crippen molar-refractivity contribution in [2.45, 2.75) is 49.0 Å². The maximum atomic E-state index is 12.1. The van der Waals surface area contributed by atoms with Crippen LogP contribution in [0.2, 0.25) is 0 Å². The van der Waals surface area contributed by atoms with Crippen molar-refractivity contribution in [2.24, 2.45) is 0 Å². The predicted octanol–water partition coefficient (Wildman–Crippen LogP) is 2.40. The lowest BCUT2D eigenvalue weighted by atomic mass is 9.96. The highest BCUT2D eigenvalue weighted by Crippen LogP contribution is 2.36. The van der Waals surface area contributed by atoms with E-state index in [0.29, 0.717) is 11.7 Å². The summed E-state index contributed by atoms with van der Waals surface area (Å²) in [4.78, 5) is 12.1. The molecule has 0 spiro atoms. The maximum Gasteiger partial charge on any atom is 0.315 e. The standard InChI is InChI=1S/C17H24N2O2S/c1-22-14-7-6-13(10-14)19-16(20)18-11-17(21)9-8-12-4-2-3-5-15(12)17/h2-5,13-14,21H,6-11H2,1H3,(H2,18,19,20). The zero-order chi connectivity index (χ0) is 15.6. The average molecular weight is 320 g/mol. The summed E-state index contributed by atoms with van der Waals surface area (Å²) < 4.78 is 0. The van der Waals surface area contributed by atoms with Crippen LogP contribution in [0.4, 0.5) is 4.79 Å². The first-order valence-corrected chi connectivity index (χ1v) is 9.27. The Bertz CT molecular complexity index is 551. The topological polar surface area (TPSA) is 61.4 Å². The molecule has 22 heavy (non-hydrogen) atoms. The average Bonchev–Trinajstić information content (AvgIpc) is 3.11. The molecule has 2 aliphatic rings. The van der Waals surface area contributed by atoms with E-state index in [1.807, 2.05) is 30.0 Å². The van der Waals surface area contributed by atoms with Crippen LogP contribution < -0.4 is 10.6 Å². The lowest BCUT2D eigenvalue weighted by Gasteiger charge is -2.25. The number of carbonyl (C=O) groups excluding carboxylic acids is 1. The molecule has 2 amide bonds. The van der Waals surface area contributed by atoms with E-state index in [9.17, 15) is 9.90 Å². The normalized spacial score (nSPS) is 30.1. The number of hydrogen-bond acceptors (Lipinski definition) is 3. The monoisotopic (exact) mass is 320 g/mol. The molecule has 1 saturated carbocycles. The fraction of sp³-hybridized carbons (Fsp3) is 0.588. The molecule has 1 fully saturated rings. The molecule has 2 aliphatic carbocycles. The fourth-order valence-corrected chi connectivity index (χ4v) is 4.40. The van der Waals surface area contributed by atoms with E-state index >= 15 is 0 Å². The Morgan fingerprint density at radius 1 is 1.41 bits per heavy atom. The van der Waals surface area contributed by atoms with E-state index < -0.39 is 5.60 Å². The summed E-state index contributed by atoms with van der Waals surface area (Å²) in [5, 5.41) is 17.3. The molecule has 0 bridgehead atoms. The lowest BCUT2D eigenvalue weighted by molar-refractivity contribution is 0.0411. The number of hydrogen-bond donors (Lipinski definition) is 3. The molecule has 0 saturated heterocycles. The maximum absolute atomic E-state index is 12.1. The minimum Gasteiger partial charge on any atom is -0.383 e. The van der Waals surface area contributed by atoms with Crippen molar-refractivity contribution in [3.63, 3.8) is 0 Å². The van der Waals surface area contributed by atoms with Gasteiger partial charge in [-0.1, -0.05) is 24.3 Å². The van der Waals surface area contributed by atoms with Gasteiger partial charge in [0.1, 0.15) is 5.60 Å². The number of amides is 2. The number of thioether (sulfide) groups is 1. The Balaban J connectivity index is 1.51. The van der Waals surface area contributed by atoms with Crippen molar-refractivity contribution in [2.75, 3.05) is 12.8 Å². The predicted molar refractivity (Wildman–Crippen MR) is 90.1 cm³/mol. The van der Waals surface area contributed by atoms with Crippen LogP contribution >= 0.6 is 11.8 Å². The van der Waals surface area contributed by atoms with Gasteiger partial charge in [-0.3, -0.25) is 0 Å². The molecular formula is C17H24N2O2S. The summed E-state index contributed by atoms with van der Waals surface area (Å²) in [6.07, 6.45) is 6.93. The molecule has 0 radical (unpaired) electrons. The van der Waals surface area contributed by atoms with Gasteiger partial charge in [0.15, 0.2) is 0 Å². The Kier molecular flexibility index (Phi) is 4.64. The van der Waals surface area contributed by atoms with Crippen LogP contribution in [0.1, 0.15) is 36.8 Å². The van der Waals surface area contributed by atoms with Crippen molar-refractivity contribution in [3.8, 4) is 0 Å². The van der Waals surface area contributed by atoms with Gasteiger partial charge in [0.05, 0.1) is 6.54 Å². The molecule has 3 rings (SSSR count). The minimum absolute atomic E-state index is 0.162. The second-order valence-corrected chi connectivity index (χ2v) is 7.52. The number of benzene rings is 1. The number of carbonyl (C=O) groups is 1. The zero-order valence-electron chi connectivity index (χ0n) is 13.0. The van der Waals surface area contributed by atoms with Crippen LogP contribution in [0.3, 0.4) is 0 Å². The first kappa shape index (κ1) is 15.7.